The van der Waals surface area contributed by atoms with Gasteiger partial charge in [-0.25, -0.2) is 0 Å². The van der Waals surface area contributed by atoms with Crippen LogP contribution in [0.25, 0.3) is 0 Å². The summed E-state index contributed by atoms with van der Waals surface area (Å²) >= 11 is 11.6. The third-order valence-electron chi connectivity index (χ3n) is 2.29. The molecule has 1 rings (SSSR count). The number of anilines is 1. The number of carbonyl (C=O) groups is 1. The maximum Gasteiger partial charge on any atom is 0.251 e. The number of benzene rings is 1. The van der Waals surface area contributed by atoms with Gasteiger partial charge in [-0.3, -0.25) is 4.79 Å². The van der Waals surface area contributed by atoms with Crippen molar-refractivity contribution >= 4 is 34.8 Å². The highest BCUT2D eigenvalue weighted by molar-refractivity contribution is 6.43. The summed E-state index contributed by atoms with van der Waals surface area (Å²) < 4.78 is 0. The summed E-state index contributed by atoms with van der Waals surface area (Å²) in [5.41, 5.74) is 6.17. The van der Waals surface area contributed by atoms with Crippen LogP contribution in [0.1, 0.15) is 23.7 Å². The van der Waals surface area contributed by atoms with Crippen molar-refractivity contribution in [2.24, 2.45) is 0 Å². The Hall–Kier alpha value is -0.970. The molecule has 0 spiro atoms. The smallest absolute Gasteiger partial charge is 0.251 e. The van der Waals surface area contributed by atoms with Crippen molar-refractivity contribution in [1.29, 1.82) is 0 Å². The van der Waals surface area contributed by atoms with Crippen molar-refractivity contribution in [2.75, 3.05) is 12.3 Å². The Morgan fingerprint density at radius 3 is 2.71 bits per heavy atom. The van der Waals surface area contributed by atoms with E-state index in [9.17, 15) is 9.90 Å². The van der Waals surface area contributed by atoms with E-state index in [4.69, 9.17) is 28.9 Å². The highest BCUT2D eigenvalue weighted by Crippen LogP contribution is 2.29. The fraction of sp³-hybridized carbons (Fsp3) is 0.364. The summed E-state index contributed by atoms with van der Waals surface area (Å²) in [5, 5.41) is 12.4. The topological polar surface area (TPSA) is 75.3 Å². The zero-order chi connectivity index (χ0) is 13.0. The fourth-order valence-electron chi connectivity index (χ4n) is 1.20. The summed E-state index contributed by atoms with van der Waals surface area (Å²) in [5.74, 6) is -0.345. The van der Waals surface area contributed by atoms with Crippen molar-refractivity contribution in [3.63, 3.8) is 0 Å². The quantitative estimate of drug-likeness (QED) is 0.737. The van der Waals surface area contributed by atoms with E-state index in [2.05, 4.69) is 5.32 Å². The van der Waals surface area contributed by atoms with Gasteiger partial charge in [-0.2, -0.15) is 0 Å². The number of nitrogens with two attached hydrogens (primary N) is 1. The Labute approximate surface area is 110 Å². The van der Waals surface area contributed by atoms with Crippen LogP contribution < -0.4 is 11.1 Å². The third-order valence-corrected chi connectivity index (χ3v) is 3.10. The molecular weight excluding hydrogens is 263 g/mol. The van der Waals surface area contributed by atoms with Crippen molar-refractivity contribution < 1.29 is 9.90 Å². The summed E-state index contributed by atoms with van der Waals surface area (Å²) in [4.78, 5) is 11.7. The number of hydrogen-bond acceptors (Lipinski definition) is 3. The Balaban J connectivity index is 2.76. The van der Waals surface area contributed by atoms with Crippen LogP contribution in [0.2, 0.25) is 10.0 Å². The maximum absolute atomic E-state index is 11.7. The molecule has 0 radical (unpaired) electrons. The number of aliphatic hydroxyl groups excluding tert-OH is 1. The van der Waals surface area contributed by atoms with Gasteiger partial charge in [0.1, 0.15) is 0 Å². The molecule has 0 saturated carbocycles. The SMILES string of the molecule is CCC(O)CNC(=O)c1cc(N)c(Cl)c(Cl)c1. The number of amides is 1. The van der Waals surface area contributed by atoms with Crippen LogP contribution in [-0.4, -0.2) is 23.7 Å². The second kappa shape index (κ2) is 6.10. The van der Waals surface area contributed by atoms with Crippen LogP contribution in [0, 0.1) is 0 Å². The Morgan fingerprint density at radius 2 is 2.18 bits per heavy atom. The lowest BCUT2D eigenvalue weighted by atomic mass is 10.2. The molecule has 1 aromatic carbocycles. The minimum Gasteiger partial charge on any atom is -0.397 e. The molecule has 0 aliphatic carbocycles. The standard InChI is InChI=1S/C11H14Cl2N2O2/c1-2-7(16)5-15-11(17)6-3-8(12)10(13)9(14)4-6/h3-4,7,16H,2,5,14H2,1H3,(H,15,17). The minimum absolute atomic E-state index is 0.190. The Bertz CT molecular complexity index is 401. The minimum atomic E-state index is -0.556. The van der Waals surface area contributed by atoms with Crippen LogP contribution in [-0.2, 0) is 0 Å². The number of carbonyl (C=O) groups excluding carboxylic acids is 1. The fourth-order valence-corrected chi connectivity index (χ4v) is 1.53. The van der Waals surface area contributed by atoms with E-state index in [0.29, 0.717) is 12.0 Å². The van der Waals surface area contributed by atoms with Gasteiger partial charge in [-0.1, -0.05) is 30.1 Å². The van der Waals surface area contributed by atoms with Crippen molar-refractivity contribution in [3.05, 3.63) is 27.7 Å². The second-order valence-corrected chi connectivity index (χ2v) is 4.42. The first-order chi connectivity index (χ1) is 7.95. The molecule has 4 N–H and O–H groups in total. The number of hydrogen-bond donors (Lipinski definition) is 3. The lowest BCUT2D eigenvalue weighted by Crippen LogP contribution is -2.31. The Kier molecular flexibility index (Phi) is 5.05. The zero-order valence-electron chi connectivity index (χ0n) is 9.34. The zero-order valence-corrected chi connectivity index (χ0v) is 10.8. The lowest BCUT2D eigenvalue weighted by Gasteiger charge is -2.10. The molecule has 4 nitrogen and oxygen atoms in total. The molecule has 0 heterocycles. The summed E-state index contributed by atoms with van der Waals surface area (Å²) in [6.45, 7) is 2.02. The average molecular weight is 277 g/mol. The second-order valence-electron chi connectivity index (χ2n) is 3.63. The summed E-state index contributed by atoms with van der Waals surface area (Å²) in [6, 6.07) is 2.88. The van der Waals surface area contributed by atoms with E-state index in [1.807, 2.05) is 6.92 Å². The predicted octanol–water partition coefficient (Wildman–Crippen LogP) is 2.08. The number of nitrogen functional groups attached to an aromatic ring is 1. The largest absolute Gasteiger partial charge is 0.397 e. The van der Waals surface area contributed by atoms with Gasteiger partial charge in [0.25, 0.3) is 5.91 Å². The average Bonchev–Trinajstić information content (AvgIpc) is 2.31. The molecule has 0 aliphatic rings. The molecule has 0 saturated heterocycles. The molecule has 1 aromatic rings. The first kappa shape index (κ1) is 14.1. The third kappa shape index (κ3) is 3.77. The molecule has 1 unspecified atom stereocenters. The van der Waals surface area contributed by atoms with Gasteiger partial charge in [0.15, 0.2) is 0 Å². The van der Waals surface area contributed by atoms with E-state index in [0.717, 1.165) is 0 Å². The van der Waals surface area contributed by atoms with Crippen LogP contribution in [0.5, 0.6) is 0 Å². The first-order valence-corrected chi connectivity index (χ1v) is 5.92. The van der Waals surface area contributed by atoms with Gasteiger partial charge in [-0.15, -0.1) is 0 Å². The van der Waals surface area contributed by atoms with Crippen LogP contribution in [0.3, 0.4) is 0 Å². The molecule has 0 aromatic heterocycles. The molecule has 1 atom stereocenters. The van der Waals surface area contributed by atoms with Crippen LogP contribution in [0.4, 0.5) is 5.69 Å². The molecule has 0 fully saturated rings. The van der Waals surface area contributed by atoms with Crippen LogP contribution in [0.15, 0.2) is 12.1 Å². The first-order valence-electron chi connectivity index (χ1n) is 5.16. The highest BCUT2D eigenvalue weighted by Gasteiger charge is 2.12. The van der Waals surface area contributed by atoms with Crippen molar-refractivity contribution in [2.45, 2.75) is 19.4 Å². The maximum atomic E-state index is 11.7. The highest BCUT2D eigenvalue weighted by atomic mass is 35.5. The van der Waals surface area contributed by atoms with E-state index >= 15 is 0 Å². The molecular formula is C11H14Cl2N2O2. The molecule has 0 bridgehead atoms. The van der Waals surface area contributed by atoms with Gasteiger partial charge in [0.2, 0.25) is 0 Å². The number of nitrogens with one attached hydrogen (secondary N) is 1. The van der Waals surface area contributed by atoms with Crippen molar-refractivity contribution in [3.8, 4) is 0 Å². The van der Waals surface area contributed by atoms with E-state index in [-0.39, 0.29) is 28.2 Å². The molecule has 1 amide bonds. The van der Waals surface area contributed by atoms with Gasteiger partial charge in [0.05, 0.1) is 21.8 Å². The van der Waals surface area contributed by atoms with Crippen LogP contribution >= 0.6 is 23.2 Å². The number of aliphatic hydroxyl groups is 1. The molecule has 0 aliphatic heterocycles. The van der Waals surface area contributed by atoms with Gasteiger partial charge >= 0.3 is 0 Å². The van der Waals surface area contributed by atoms with E-state index in [1.54, 1.807) is 0 Å². The summed E-state index contributed by atoms with van der Waals surface area (Å²) in [6.07, 6.45) is 0.0168. The van der Waals surface area contributed by atoms with Gasteiger partial charge in [-0.05, 0) is 18.6 Å². The normalized spacial score (nSPS) is 12.2. The molecule has 94 valence electrons. The summed E-state index contributed by atoms with van der Waals surface area (Å²) in [7, 11) is 0. The van der Waals surface area contributed by atoms with E-state index < -0.39 is 6.10 Å². The van der Waals surface area contributed by atoms with Crippen molar-refractivity contribution in [1.82, 2.24) is 5.32 Å². The lowest BCUT2D eigenvalue weighted by molar-refractivity contribution is 0.0914. The predicted molar refractivity (Wildman–Crippen MR) is 69.5 cm³/mol. The van der Waals surface area contributed by atoms with E-state index in [1.165, 1.54) is 12.1 Å². The Morgan fingerprint density at radius 1 is 1.53 bits per heavy atom. The number of rotatable bonds is 4. The molecule has 6 heteroatoms. The molecule has 17 heavy (non-hydrogen) atoms. The van der Waals surface area contributed by atoms with Gasteiger partial charge < -0.3 is 16.2 Å². The monoisotopic (exact) mass is 276 g/mol. The number of halogens is 2. The van der Waals surface area contributed by atoms with Gasteiger partial charge in [0, 0.05) is 12.1 Å².